The molecule has 1 saturated heterocycles. The first-order valence-electron chi connectivity index (χ1n) is 7.58. The standard InChI is InChI=1S/C15H26O3/c1-3-5-8-12(4-2)11-17-14(16)15-10-7-6-9-13(15)18-15/h12-13H,3-11H2,1-2H3. The van der Waals surface area contributed by atoms with Crippen LogP contribution < -0.4 is 0 Å². The predicted octanol–water partition coefficient (Wildman–Crippen LogP) is 3.46. The lowest BCUT2D eigenvalue weighted by molar-refractivity contribution is -0.152. The third kappa shape index (κ3) is 2.87. The van der Waals surface area contributed by atoms with Crippen LogP contribution in [0.4, 0.5) is 0 Å². The number of unbranched alkanes of at least 4 members (excludes halogenated alkanes) is 1. The summed E-state index contributed by atoms with van der Waals surface area (Å²) in [5.41, 5.74) is -0.526. The van der Waals surface area contributed by atoms with Crippen molar-refractivity contribution in [1.29, 1.82) is 0 Å². The van der Waals surface area contributed by atoms with Gasteiger partial charge >= 0.3 is 5.97 Å². The molecule has 1 saturated carbocycles. The normalized spacial score (nSPS) is 31.6. The third-order valence-corrected chi connectivity index (χ3v) is 4.42. The summed E-state index contributed by atoms with van der Waals surface area (Å²) >= 11 is 0. The van der Waals surface area contributed by atoms with Gasteiger partial charge in [0.15, 0.2) is 5.60 Å². The van der Waals surface area contributed by atoms with Crippen molar-refractivity contribution in [1.82, 2.24) is 0 Å². The molecule has 0 aromatic heterocycles. The minimum Gasteiger partial charge on any atom is -0.463 e. The van der Waals surface area contributed by atoms with E-state index in [9.17, 15) is 4.79 Å². The van der Waals surface area contributed by atoms with Gasteiger partial charge in [0.25, 0.3) is 0 Å². The Hall–Kier alpha value is -0.570. The average molecular weight is 254 g/mol. The van der Waals surface area contributed by atoms with E-state index in [1.165, 1.54) is 19.3 Å². The number of carbonyl (C=O) groups is 1. The first-order chi connectivity index (χ1) is 8.73. The van der Waals surface area contributed by atoms with E-state index in [1.54, 1.807) is 0 Å². The van der Waals surface area contributed by atoms with Gasteiger partial charge in [-0.15, -0.1) is 0 Å². The van der Waals surface area contributed by atoms with E-state index in [0.717, 1.165) is 32.1 Å². The second-order valence-corrected chi connectivity index (χ2v) is 5.76. The molecule has 0 spiro atoms. The van der Waals surface area contributed by atoms with Gasteiger partial charge in [-0.2, -0.15) is 0 Å². The highest BCUT2D eigenvalue weighted by molar-refractivity contribution is 5.83. The molecule has 0 amide bonds. The minimum absolute atomic E-state index is 0.0952. The van der Waals surface area contributed by atoms with Gasteiger partial charge in [0, 0.05) is 0 Å². The molecule has 2 aliphatic rings. The molecule has 104 valence electrons. The van der Waals surface area contributed by atoms with Crippen molar-refractivity contribution in [3.63, 3.8) is 0 Å². The minimum atomic E-state index is -0.526. The van der Waals surface area contributed by atoms with Crippen LogP contribution in [0.5, 0.6) is 0 Å². The van der Waals surface area contributed by atoms with E-state index in [2.05, 4.69) is 13.8 Å². The van der Waals surface area contributed by atoms with Gasteiger partial charge in [-0.3, -0.25) is 0 Å². The van der Waals surface area contributed by atoms with E-state index in [-0.39, 0.29) is 12.1 Å². The molecule has 1 aliphatic heterocycles. The van der Waals surface area contributed by atoms with Crippen molar-refractivity contribution >= 4 is 5.97 Å². The Balaban J connectivity index is 1.74. The second-order valence-electron chi connectivity index (χ2n) is 5.76. The molecule has 2 rings (SSSR count). The van der Waals surface area contributed by atoms with Crippen molar-refractivity contribution in [2.75, 3.05) is 6.61 Å². The molecule has 0 aromatic carbocycles. The van der Waals surface area contributed by atoms with Crippen molar-refractivity contribution in [3.05, 3.63) is 0 Å². The van der Waals surface area contributed by atoms with Crippen molar-refractivity contribution < 1.29 is 14.3 Å². The monoisotopic (exact) mass is 254 g/mol. The van der Waals surface area contributed by atoms with Crippen molar-refractivity contribution in [2.45, 2.75) is 76.9 Å². The Morgan fingerprint density at radius 2 is 2.28 bits per heavy atom. The highest BCUT2D eigenvalue weighted by Gasteiger charge is 2.64. The SMILES string of the molecule is CCCCC(CC)COC(=O)C12CCCCC1O2. The Labute approximate surface area is 110 Å². The molecule has 1 aliphatic carbocycles. The molecular formula is C15H26O3. The van der Waals surface area contributed by atoms with Gasteiger partial charge in [-0.25, -0.2) is 4.79 Å². The number of epoxide rings is 1. The summed E-state index contributed by atoms with van der Waals surface area (Å²) in [7, 11) is 0. The second kappa shape index (κ2) is 6.05. The lowest BCUT2D eigenvalue weighted by atomic mass is 9.89. The quantitative estimate of drug-likeness (QED) is 0.516. The predicted molar refractivity (Wildman–Crippen MR) is 70.3 cm³/mol. The van der Waals surface area contributed by atoms with Crippen LogP contribution in [0.2, 0.25) is 0 Å². The summed E-state index contributed by atoms with van der Waals surface area (Å²) in [6, 6.07) is 0. The Kier molecular flexibility index (Phi) is 4.66. The van der Waals surface area contributed by atoms with E-state index >= 15 is 0 Å². The summed E-state index contributed by atoms with van der Waals surface area (Å²) in [5.74, 6) is 0.424. The van der Waals surface area contributed by atoms with E-state index in [1.807, 2.05) is 0 Å². The molecule has 2 fully saturated rings. The van der Waals surface area contributed by atoms with E-state index in [4.69, 9.17) is 9.47 Å². The first-order valence-corrected chi connectivity index (χ1v) is 7.58. The van der Waals surface area contributed by atoms with Crippen LogP contribution in [0.25, 0.3) is 0 Å². The Morgan fingerprint density at radius 1 is 1.44 bits per heavy atom. The molecule has 3 atom stereocenters. The summed E-state index contributed by atoms with van der Waals surface area (Å²) in [4.78, 5) is 12.1. The summed E-state index contributed by atoms with van der Waals surface area (Å²) in [6.45, 7) is 4.94. The lowest BCUT2D eigenvalue weighted by Gasteiger charge is -2.19. The van der Waals surface area contributed by atoms with Gasteiger partial charge < -0.3 is 9.47 Å². The maximum absolute atomic E-state index is 12.1. The van der Waals surface area contributed by atoms with Crippen LogP contribution in [0.1, 0.15) is 65.2 Å². The summed E-state index contributed by atoms with van der Waals surface area (Å²) in [5, 5.41) is 0. The molecule has 3 unspecified atom stereocenters. The van der Waals surface area contributed by atoms with Gasteiger partial charge in [-0.1, -0.05) is 39.5 Å². The zero-order chi connectivity index (χ0) is 13.0. The van der Waals surface area contributed by atoms with Crippen LogP contribution in [0, 0.1) is 5.92 Å². The summed E-state index contributed by atoms with van der Waals surface area (Å²) in [6.07, 6.45) is 9.02. The number of fused-ring (bicyclic) bond motifs is 1. The number of rotatable bonds is 7. The largest absolute Gasteiger partial charge is 0.463 e. The topological polar surface area (TPSA) is 38.8 Å². The smallest absolute Gasteiger partial charge is 0.341 e. The average Bonchev–Trinajstić information content (AvgIpc) is 3.14. The molecule has 1 heterocycles. The molecule has 3 heteroatoms. The zero-order valence-corrected chi connectivity index (χ0v) is 11.7. The molecule has 3 nitrogen and oxygen atoms in total. The molecule has 0 aromatic rings. The van der Waals surface area contributed by atoms with Crippen molar-refractivity contribution in [3.8, 4) is 0 Å². The first kappa shape index (κ1) is 13.9. The van der Waals surface area contributed by atoms with Crippen LogP contribution in [-0.2, 0) is 14.3 Å². The third-order valence-electron chi connectivity index (χ3n) is 4.42. The van der Waals surface area contributed by atoms with Crippen LogP contribution in [-0.4, -0.2) is 24.3 Å². The fourth-order valence-electron chi connectivity index (χ4n) is 2.94. The van der Waals surface area contributed by atoms with Crippen LogP contribution in [0.15, 0.2) is 0 Å². The maximum Gasteiger partial charge on any atom is 0.341 e. The fraction of sp³-hybridized carbons (Fsp3) is 0.933. The van der Waals surface area contributed by atoms with Crippen LogP contribution >= 0.6 is 0 Å². The maximum atomic E-state index is 12.1. The van der Waals surface area contributed by atoms with Gasteiger partial charge in [0.2, 0.25) is 0 Å². The number of carbonyl (C=O) groups excluding carboxylic acids is 1. The number of esters is 1. The molecule has 0 N–H and O–H groups in total. The van der Waals surface area contributed by atoms with E-state index in [0.29, 0.717) is 12.5 Å². The van der Waals surface area contributed by atoms with Crippen molar-refractivity contribution in [2.24, 2.45) is 5.92 Å². The number of hydrogen-bond acceptors (Lipinski definition) is 3. The highest BCUT2D eigenvalue weighted by atomic mass is 16.7. The lowest BCUT2D eigenvalue weighted by Crippen LogP contribution is -2.33. The highest BCUT2D eigenvalue weighted by Crippen LogP contribution is 2.48. The Morgan fingerprint density at radius 3 is 2.94 bits per heavy atom. The van der Waals surface area contributed by atoms with Gasteiger partial charge in [-0.05, 0) is 31.6 Å². The van der Waals surface area contributed by atoms with E-state index < -0.39 is 5.60 Å². The van der Waals surface area contributed by atoms with Gasteiger partial charge in [0.1, 0.15) is 0 Å². The molecule has 0 bridgehead atoms. The fourth-order valence-corrected chi connectivity index (χ4v) is 2.94. The van der Waals surface area contributed by atoms with Gasteiger partial charge in [0.05, 0.1) is 12.7 Å². The molecule has 0 radical (unpaired) electrons. The van der Waals surface area contributed by atoms with Crippen LogP contribution in [0.3, 0.4) is 0 Å². The molecule has 18 heavy (non-hydrogen) atoms. The molecular weight excluding hydrogens is 228 g/mol. The number of hydrogen-bond donors (Lipinski definition) is 0. The zero-order valence-electron chi connectivity index (χ0n) is 11.7. The number of ether oxygens (including phenoxy) is 2. The Bertz CT molecular complexity index is 289. The summed E-state index contributed by atoms with van der Waals surface area (Å²) < 4.78 is 11.1.